The Bertz CT molecular complexity index is 1110. The van der Waals surface area contributed by atoms with E-state index in [9.17, 15) is 9.18 Å². The molecule has 2 heterocycles. The smallest absolute Gasteiger partial charge is 0.310 e. The van der Waals surface area contributed by atoms with Crippen LogP contribution in [0.5, 0.6) is 11.5 Å². The molecule has 3 aromatic rings. The fraction of sp³-hybridized carbons (Fsp3) is 0.182. The summed E-state index contributed by atoms with van der Waals surface area (Å²) in [7, 11) is 3.13. The number of ether oxygens (including phenoxy) is 2. The highest BCUT2D eigenvalue weighted by Gasteiger charge is 2.36. The summed E-state index contributed by atoms with van der Waals surface area (Å²) in [5.41, 5.74) is 2.18. The van der Waals surface area contributed by atoms with Gasteiger partial charge < -0.3 is 13.9 Å². The molecule has 0 aliphatic carbocycles. The highest BCUT2D eigenvalue weighted by molar-refractivity contribution is 9.10. The van der Waals surface area contributed by atoms with Crippen molar-refractivity contribution in [3.8, 4) is 11.5 Å². The molecule has 30 heavy (non-hydrogen) atoms. The molecular weight excluding hydrogens is 455 g/mol. The molecule has 6 nitrogen and oxygen atoms in total. The van der Waals surface area contributed by atoms with Gasteiger partial charge in [0.05, 0.1) is 26.0 Å². The maximum absolute atomic E-state index is 13.4. The summed E-state index contributed by atoms with van der Waals surface area (Å²) in [5, 5.41) is 5.95. The lowest BCUT2D eigenvalue weighted by molar-refractivity contribution is 0.0675. The monoisotopic (exact) mass is 472 g/mol. The van der Waals surface area contributed by atoms with Crippen LogP contribution in [0.15, 0.2) is 68.8 Å². The maximum Gasteiger partial charge on any atom is 0.310 e. The largest absolute Gasteiger partial charge is 0.497 e. The molecule has 0 spiro atoms. The van der Waals surface area contributed by atoms with Crippen LogP contribution >= 0.6 is 15.9 Å². The van der Waals surface area contributed by atoms with Crippen molar-refractivity contribution in [3.63, 3.8) is 0 Å². The second kappa shape index (κ2) is 8.31. The van der Waals surface area contributed by atoms with Gasteiger partial charge in [-0.1, -0.05) is 12.1 Å². The van der Waals surface area contributed by atoms with Crippen LogP contribution in [0.3, 0.4) is 0 Å². The highest BCUT2D eigenvalue weighted by Crippen LogP contribution is 2.40. The quantitative estimate of drug-likeness (QED) is 0.512. The van der Waals surface area contributed by atoms with Gasteiger partial charge in [-0.3, -0.25) is 4.79 Å². The van der Waals surface area contributed by atoms with Crippen LogP contribution in [0.1, 0.15) is 34.1 Å². The minimum absolute atomic E-state index is 0.156. The lowest BCUT2D eigenvalue weighted by Crippen LogP contribution is -2.27. The van der Waals surface area contributed by atoms with Crippen LogP contribution in [0, 0.1) is 5.82 Å². The summed E-state index contributed by atoms with van der Waals surface area (Å²) in [6, 6.07) is 14.3. The number of hydrogen-bond donors (Lipinski definition) is 0. The van der Waals surface area contributed by atoms with E-state index in [-0.39, 0.29) is 17.5 Å². The Kier molecular flexibility index (Phi) is 5.59. The van der Waals surface area contributed by atoms with Gasteiger partial charge in [0.15, 0.2) is 10.4 Å². The predicted octanol–water partition coefficient (Wildman–Crippen LogP) is 5.19. The zero-order chi connectivity index (χ0) is 21.3. The van der Waals surface area contributed by atoms with Gasteiger partial charge in [-0.25, -0.2) is 9.40 Å². The Labute approximate surface area is 181 Å². The zero-order valence-corrected chi connectivity index (χ0v) is 17.8. The number of carbonyl (C=O) groups excluding carboxylic acids is 1. The van der Waals surface area contributed by atoms with E-state index in [2.05, 4.69) is 21.0 Å². The van der Waals surface area contributed by atoms with Crippen molar-refractivity contribution in [1.29, 1.82) is 0 Å². The van der Waals surface area contributed by atoms with Crippen molar-refractivity contribution < 1.29 is 23.1 Å². The van der Waals surface area contributed by atoms with E-state index in [4.69, 9.17) is 13.9 Å². The van der Waals surface area contributed by atoms with Gasteiger partial charge >= 0.3 is 5.91 Å². The lowest BCUT2D eigenvalue weighted by Gasteiger charge is -2.23. The maximum atomic E-state index is 13.4. The molecule has 154 valence electrons. The van der Waals surface area contributed by atoms with E-state index < -0.39 is 6.04 Å². The Balaban J connectivity index is 1.76. The standard InChI is InChI=1S/C22H18BrFN2O4/c1-28-15-7-8-16(20(11-15)29-2)18-12-17(13-3-5-14(24)6-4-13)25-26(18)22(27)19-9-10-21(23)30-19/h3-11,18H,12H2,1-2H3. The molecule has 1 aliphatic heterocycles. The van der Waals surface area contributed by atoms with E-state index in [1.165, 1.54) is 17.1 Å². The van der Waals surface area contributed by atoms with Crippen molar-refractivity contribution in [2.75, 3.05) is 14.2 Å². The minimum Gasteiger partial charge on any atom is -0.497 e. The number of hydrazone groups is 1. The van der Waals surface area contributed by atoms with E-state index in [1.807, 2.05) is 6.07 Å². The molecule has 1 amide bonds. The van der Waals surface area contributed by atoms with Crippen molar-refractivity contribution in [1.82, 2.24) is 5.01 Å². The van der Waals surface area contributed by atoms with Crippen LogP contribution in [0.25, 0.3) is 0 Å². The Morgan fingerprint density at radius 1 is 1.13 bits per heavy atom. The molecule has 1 unspecified atom stereocenters. The number of methoxy groups -OCH3 is 2. The molecule has 1 aromatic heterocycles. The molecule has 0 bridgehead atoms. The third-order valence-electron chi connectivity index (χ3n) is 4.88. The topological polar surface area (TPSA) is 64.3 Å². The number of carbonyl (C=O) groups is 1. The first-order valence-electron chi connectivity index (χ1n) is 9.14. The fourth-order valence-electron chi connectivity index (χ4n) is 3.39. The number of nitrogens with zero attached hydrogens (tertiary/aromatic N) is 2. The predicted molar refractivity (Wildman–Crippen MR) is 112 cm³/mol. The Morgan fingerprint density at radius 3 is 2.53 bits per heavy atom. The average molecular weight is 473 g/mol. The second-order valence-corrected chi connectivity index (χ2v) is 7.42. The molecular formula is C22H18BrFN2O4. The van der Waals surface area contributed by atoms with Gasteiger partial charge in [0.1, 0.15) is 17.3 Å². The number of benzene rings is 2. The van der Waals surface area contributed by atoms with Gasteiger partial charge in [0.2, 0.25) is 0 Å². The highest BCUT2D eigenvalue weighted by atomic mass is 79.9. The molecule has 0 radical (unpaired) electrons. The first kappa shape index (κ1) is 20.2. The van der Waals surface area contributed by atoms with Crippen molar-refractivity contribution in [3.05, 3.63) is 82.0 Å². The van der Waals surface area contributed by atoms with Crippen LogP contribution in [-0.4, -0.2) is 30.8 Å². The summed E-state index contributed by atoms with van der Waals surface area (Å²) < 4.78 is 30.1. The molecule has 1 aliphatic rings. The van der Waals surface area contributed by atoms with Crippen molar-refractivity contribution in [2.24, 2.45) is 5.10 Å². The van der Waals surface area contributed by atoms with Gasteiger partial charge in [0.25, 0.3) is 0 Å². The molecule has 1 atom stereocenters. The van der Waals surface area contributed by atoms with Gasteiger partial charge in [-0.15, -0.1) is 0 Å². The van der Waals surface area contributed by atoms with Gasteiger partial charge in [-0.05, 0) is 57.9 Å². The Hall–Kier alpha value is -3.13. The molecule has 0 fully saturated rings. The lowest BCUT2D eigenvalue weighted by atomic mass is 9.97. The third kappa shape index (κ3) is 3.82. The fourth-order valence-corrected chi connectivity index (χ4v) is 3.70. The number of hydrogen-bond acceptors (Lipinski definition) is 5. The van der Waals surface area contributed by atoms with E-state index in [0.29, 0.717) is 28.3 Å². The third-order valence-corrected chi connectivity index (χ3v) is 5.31. The molecule has 2 aromatic carbocycles. The summed E-state index contributed by atoms with van der Waals surface area (Å²) in [6.45, 7) is 0. The number of furan rings is 1. The van der Waals surface area contributed by atoms with Crippen LogP contribution in [0.2, 0.25) is 0 Å². The van der Waals surface area contributed by atoms with Crippen LogP contribution < -0.4 is 9.47 Å². The zero-order valence-electron chi connectivity index (χ0n) is 16.3. The van der Waals surface area contributed by atoms with Gasteiger partial charge in [-0.2, -0.15) is 5.10 Å². The molecule has 0 N–H and O–H groups in total. The van der Waals surface area contributed by atoms with E-state index in [0.717, 1.165) is 11.1 Å². The van der Waals surface area contributed by atoms with E-state index >= 15 is 0 Å². The summed E-state index contributed by atoms with van der Waals surface area (Å²) in [6.07, 6.45) is 0.432. The molecule has 8 heteroatoms. The number of rotatable bonds is 5. The minimum atomic E-state index is -0.428. The van der Waals surface area contributed by atoms with E-state index in [1.54, 1.807) is 50.6 Å². The SMILES string of the molecule is COc1ccc(C2CC(c3ccc(F)cc3)=NN2C(=O)c2ccc(Br)o2)c(OC)c1. The average Bonchev–Trinajstić information content (AvgIpc) is 3.40. The first-order chi connectivity index (χ1) is 14.5. The summed E-state index contributed by atoms with van der Waals surface area (Å²) in [4.78, 5) is 13.2. The van der Waals surface area contributed by atoms with Crippen molar-refractivity contribution in [2.45, 2.75) is 12.5 Å². The summed E-state index contributed by atoms with van der Waals surface area (Å²) >= 11 is 3.22. The van der Waals surface area contributed by atoms with Gasteiger partial charge in [0, 0.05) is 18.1 Å². The second-order valence-electron chi connectivity index (χ2n) is 6.63. The molecule has 0 saturated heterocycles. The first-order valence-corrected chi connectivity index (χ1v) is 9.93. The number of halogens is 2. The Morgan fingerprint density at radius 2 is 1.90 bits per heavy atom. The molecule has 4 rings (SSSR count). The molecule has 0 saturated carbocycles. The number of amides is 1. The normalized spacial score (nSPS) is 15.8. The van der Waals surface area contributed by atoms with Crippen LogP contribution in [-0.2, 0) is 0 Å². The summed E-state index contributed by atoms with van der Waals surface area (Å²) in [5.74, 6) is 0.651. The van der Waals surface area contributed by atoms with Crippen LogP contribution in [0.4, 0.5) is 4.39 Å². The van der Waals surface area contributed by atoms with Crippen molar-refractivity contribution >= 4 is 27.5 Å².